The number of amides is 1. The minimum absolute atomic E-state index is 0.0376. The molecule has 2 aliphatic heterocycles. The Labute approximate surface area is 182 Å². The largest absolute Gasteiger partial charge is 0.483 e. The standard InChI is InChI=1S/C25H29N3O3/c1-15-7-4-5-9-18(15)22-11-10-19-20(25(29)26-14-17-8-6-12-30-17)13-21-23(24(19)31-22)27-16(2)28(21)3/h4-5,7,9,13,17,22H,6,8,10-12,14H2,1-3H3,(H,26,29)/t17?,22-/m0/s1. The Hall–Kier alpha value is -2.86. The van der Waals surface area contributed by atoms with Crippen molar-refractivity contribution >= 4 is 16.9 Å². The smallest absolute Gasteiger partial charge is 0.251 e. The minimum atomic E-state index is -0.0644. The number of nitrogens with zero attached hydrogens (tertiary/aromatic N) is 2. The van der Waals surface area contributed by atoms with Crippen LogP contribution in [0.2, 0.25) is 0 Å². The predicted molar refractivity (Wildman–Crippen MR) is 120 cm³/mol. The van der Waals surface area contributed by atoms with Crippen LogP contribution >= 0.6 is 0 Å². The maximum atomic E-state index is 13.2. The van der Waals surface area contributed by atoms with Gasteiger partial charge in [0.25, 0.3) is 5.91 Å². The molecule has 0 aliphatic carbocycles. The quantitative estimate of drug-likeness (QED) is 0.690. The van der Waals surface area contributed by atoms with E-state index < -0.39 is 0 Å². The van der Waals surface area contributed by atoms with Gasteiger partial charge in [-0.05, 0) is 56.7 Å². The number of carbonyl (C=O) groups excluding carboxylic acids is 1. The molecule has 1 unspecified atom stereocenters. The second kappa shape index (κ2) is 8.00. The van der Waals surface area contributed by atoms with Gasteiger partial charge in [0.05, 0.1) is 11.6 Å². The number of aromatic nitrogens is 2. The zero-order valence-electron chi connectivity index (χ0n) is 18.4. The summed E-state index contributed by atoms with van der Waals surface area (Å²) in [5.74, 6) is 1.59. The topological polar surface area (TPSA) is 65.4 Å². The van der Waals surface area contributed by atoms with Gasteiger partial charge in [-0.15, -0.1) is 0 Å². The minimum Gasteiger partial charge on any atom is -0.483 e. The second-order valence-corrected chi connectivity index (χ2v) is 8.66. The van der Waals surface area contributed by atoms with Crippen molar-refractivity contribution < 1.29 is 14.3 Å². The Bertz CT molecular complexity index is 1140. The number of aryl methyl sites for hydroxylation is 3. The SMILES string of the molecule is Cc1ccccc1[C@@H]1CCc2c(C(=O)NCC3CCCO3)cc3c(nc(C)n3C)c2O1. The van der Waals surface area contributed by atoms with Crippen molar-refractivity contribution in [2.45, 2.75) is 51.7 Å². The van der Waals surface area contributed by atoms with E-state index in [1.54, 1.807) is 0 Å². The molecule has 2 aromatic carbocycles. The summed E-state index contributed by atoms with van der Waals surface area (Å²) < 4.78 is 14.3. The molecular formula is C25H29N3O3. The van der Waals surface area contributed by atoms with Gasteiger partial charge in [-0.25, -0.2) is 4.98 Å². The number of hydrogen-bond donors (Lipinski definition) is 1. The average Bonchev–Trinajstić information content (AvgIpc) is 3.40. The first kappa shape index (κ1) is 20.1. The highest BCUT2D eigenvalue weighted by Crippen LogP contribution is 2.42. The van der Waals surface area contributed by atoms with Crippen molar-refractivity contribution in [2.24, 2.45) is 7.05 Å². The molecule has 1 fully saturated rings. The summed E-state index contributed by atoms with van der Waals surface area (Å²) in [5.41, 5.74) is 5.82. The van der Waals surface area contributed by atoms with Crippen LogP contribution < -0.4 is 10.1 Å². The maximum absolute atomic E-state index is 13.2. The Morgan fingerprint density at radius 1 is 1.26 bits per heavy atom. The normalized spacial score (nSPS) is 20.5. The van der Waals surface area contributed by atoms with Crippen LogP contribution in [0, 0.1) is 13.8 Å². The van der Waals surface area contributed by atoms with Crippen molar-refractivity contribution in [3.63, 3.8) is 0 Å². The van der Waals surface area contributed by atoms with Gasteiger partial charge < -0.3 is 19.4 Å². The monoisotopic (exact) mass is 419 g/mol. The molecule has 3 heterocycles. The lowest BCUT2D eigenvalue weighted by molar-refractivity contribution is 0.0855. The number of ether oxygens (including phenoxy) is 2. The average molecular weight is 420 g/mol. The van der Waals surface area contributed by atoms with E-state index in [1.807, 2.05) is 30.7 Å². The van der Waals surface area contributed by atoms with Gasteiger partial charge in [0, 0.05) is 31.3 Å². The van der Waals surface area contributed by atoms with Gasteiger partial charge in [0.2, 0.25) is 0 Å². The van der Waals surface area contributed by atoms with Gasteiger partial charge in [-0.2, -0.15) is 0 Å². The Kier molecular flexibility index (Phi) is 5.18. The molecule has 6 heteroatoms. The van der Waals surface area contributed by atoms with Gasteiger partial charge in [-0.3, -0.25) is 4.79 Å². The lowest BCUT2D eigenvalue weighted by Crippen LogP contribution is -2.33. The molecule has 0 spiro atoms. The third-order valence-electron chi connectivity index (χ3n) is 6.67. The molecule has 6 nitrogen and oxygen atoms in total. The molecule has 5 rings (SSSR count). The number of carbonyl (C=O) groups is 1. The first-order valence-corrected chi connectivity index (χ1v) is 11.1. The molecule has 0 bridgehead atoms. The molecule has 31 heavy (non-hydrogen) atoms. The van der Waals surface area contributed by atoms with E-state index in [9.17, 15) is 4.79 Å². The third kappa shape index (κ3) is 3.59. The highest BCUT2D eigenvalue weighted by molar-refractivity contribution is 6.01. The van der Waals surface area contributed by atoms with Gasteiger partial charge in [0.15, 0.2) is 5.75 Å². The van der Waals surface area contributed by atoms with Crippen LogP contribution in [0.3, 0.4) is 0 Å². The first-order chi connectivity index (χ1) is 15.0. The van der Waals surface area contributed by atoms with Crippen molar-refractivity contribution in [1.82, 2.24) is 14.9 Å². The van der Waals surface area contributed by atoms with E-state index in [4.69, 9.17) is 14.5 Å². The lowest BCUT2D eigenvalue weighted by Gasteiger charge is -2.29. The van der Waals surface area contributed by atoms with E-state index in [0.717, 1.165) is 60.5 Å². The summed E-state index contributed by atoms with van der Waals surface area (Å²) in [7, 11) is 1.98. The van der Waals surface area contributed by atoms with E-state index in [1.165, 1.54) is 11.1 Å². The van der Waals surface area contributed by atoms with Crippen molar-refractivity contribution in [3.8, 4) is 5.75 Å². The van der Waals surface area contributed by atoms with Crippen LogP contribution in [0.25, 0.3) is 11.0 Å². The van der Waals surface area contributed by atoms with Crippen LogP contribution in [-0.4, -0.2) is 34.7 Å². The molecule has 1 aromatic heterocycles. The van der Waals surface area contributed by atoms with E-state index in [0.29, 0.717) is 12.1 Å². The highest BCUT2D eigenvalue weighted by Gasteiger charge is 2.30. The zero-order chi connectivity index (χ0) is 21.5. The molecule has 3 aromatic rings. The summed E-state index contributed by atoms with van der Waals surface area (Å²) in [4.78, 5) is 18.0. The zero-order valence-corrected chi connectivity index (χ0v) is 18.4. The fourth-order valence-electron chi connectivity index (χ4n) is 4.78. The molecule has 2 atom stereocenters. The molecule has 0 saturated carbocycles. The van der Waals surface area contributed by atoms with Crippen molar-refractivity contribution in [1.29, 1.82) is 0 Å². The molecule has 1 N–H and O–H groups in total. The van der Waals surface area contributed by atoms with Gasteiger partial charge >= 0.3 is 0 Å². The molecule has 1 saturated heterocycles. The molecule has 1 amide bonds. The summed E-state index contributed by atoms with van der Waals surface area (Å²) in [5, 5.41) is 3.08. The number of nitrogens with one attached hydrogen (secondary N) is 1. The second-order valence-electron chi connectivity index (χ2n) is 8.66. The summed E-state index contributed by atoms with van der Waals surface area (Å²) in [6.45, 7) is 5.42. The van der Waals surface area contributed by atoms with Crippen LogP contribution in [0.1, 0.15) is 58.2 Å². The van der Waals surface area contributed by atoms with Gasteiger partial charge in [-0.1, -0.05) is 24.3 Å². The van der Waals surface area contributed by atoms with Crippen LogP contribution in [-0.2, 0) is 18.2 Å². The van der Waals surface area contributed by atoms with Gasteiger partial charge in [0.1, 0.15) is 17.4 Å². The Balaban J connectivity index is 1.53. The summed E-state index contributed by atoms with van der Waals surface area (Å²) in [6.07, 6.45) is 3.75. The fraction of sp³-hybridized carbons (Fsp3) is 0.440. The predicted octanol–water partition coefficient (Wildman–Crippen LogP) is 4.17. The highest BCUT2D eigenvalue weighted by atomic mass is 16.5. The summed E-state index contributed by atoms with van der Waals surface area (Å²) >= 11 is 0. The van der Waals surface area contributed by atoms with Crippen LogP contribution in [0.15, 0.2) is 30.3 Å². The number of imidazole rings is 1. The van der Waals surface area contributed by atoms with Crippen LogP contribution in [0.4, 0.5) is 0 Å². The van der Waals surface area contributed by atoms with Crippen LogP contribution in [0.5, 0.6) is 5.75 Å². The molecule has 0 radical (unpaired) electrons. The lowest BCUT2D eigenvalue weighted by atomic mass is 9.91. The fourth-order valence-corrected chi connectivity index (χ4v) is 4.78. The Morgan fingerprint density at radius 2 is 2.10 bits per heavy atom. The van der Waals surface area contributed by atoms with Crippen molar-refractivity contribution in [3.05, 3.63) is 58.4 Å². The van der Waals surface area contributed by atoms with E-state index in [2.05, 4.69) is 30.4 Å². The number of benzene rings is 2. The molecule has 162 valence electrons. The summed E-state index contributed by atoms with van der Waals surface area (Å²) in [6, 6.07) is 10.3. The first-order valence-electron chi connectivity index (χ1n) is 11.1. The number of hydrogen-bond acceptors (Lipinski definition) is 4. The van der Waals surface area contributed by atoms with Crippen molar-refractivity contribution in [2.75, 3.05) is 13.2 Å². The number of rotatable bonds is 4. The molecule has 2 aliphatic rings. The molecular weight excluding hydrogens is 390 g/mol. The van der Waals surface area contributed by atoms with E-state index in [-0.39, 0.29) is 18.1 Å². The van der Waals surface area contributed by atoms with E-state index >= 15 is 0 Å². The third-order valence-corrected chi connectivity index (χ3v) is 6.67. The number of fused-ring (bicyclic) bond motifs is 3. The Morgan fingerprint density at radius 3 is 2.87 bits per heavy atom. The maximum Gasteiger partial charge on any atom is 0.251 e.